The number of nitrogens with zero attached hydrogens (tertiary/aromatic N) is 2. The summed E-state index contributed by atoms with van der Waals surface area (Å²) >= 11 is 1.70. The summed E-state index contributed by atoms with van der Waals surface area (Å²) in [6, 6.07) is 21.3. The van der Waals surface area contributed by atoms with Crippen LogP contribution < -0.4 is 10.1 Å². The summed E-state index contributed by atoms with van der Waals surface area (Å²) in [7, 11) is 0. The van der Waals surface area contributed by atoms with Crippen molar-refractivity contribution in [3.05, 3.63) is 82.0 Å². The average Bonchev–Trinajstić information content (AvgIpc) is 3.60. The lowest BCUT2D eigenvalue weighted by Gasteiger charge is -2.28. The smallest absolute Gasteiger partial charge is 0.322 e. The van der Waals surface area contributed by atoms with Crippen LogP contribution in [0, 0.1) is 6.92 Å². The summed E-state index contributed by atoms with van der Waals surface area (Å²) < 4.78 is 5.47. The van der Waals surface area contributed by atoms with Crippen molar-refractivity contribution < 1.29 is 14.3 Å². The lowest BCUT2D eigenvalue weighted by molar-refractivity contribution is -0.133. The fourth-order valence-corrected chi connectivity index (χ4v) is 4.70. The van der Waals surface area contributed by atoms with Gasteiger partial charge in [-0.15, -0.1) is 11.3 Å². The molecular weight excluding hydrogens is 446 g/mol. The topological polar surface area (TPSA) is 61.9 Å². The van der Waals surface area contributed by atoms with E-state index in [0.717, 1.165) is 29.0 Å². The number of aryl methyl sites for hydroxylation is 1. The zero-order valence-electron chi connectivity index (χ0n) is 19.7. The van der Waals surface area contributed by atoms with Gasteiger partial charge in [-0.2, -0.15) is 0 Å². The van der Waals surface area contributed by atoms with Gasteiger partial charge in [0, 0.05) is 28.0 Å². The molecule has 3 aromatic rings. The Morgan fingerprint density at radius 3 is 2.35 bits per heavy atom. The van der Waals surface area contributed by atoms with Crippen molar-refractivity contribution in [3.63, 3.8) is 0 Å². The molecule has 0 bridgehead atoms. The third-order valence-electron chi connectivity index (χ3n) is 5.68. The third kappa shape index (κ3) is 6.60. The number of carbonyl (C=O) groups is 2. The fourth-order valence-electron chi connectivity index (χ4n) is 3.79. The molecule has 1 fully saturated rings. The molecule has 1 N–H and O–H groups in total. The quantitative estimate of drug-likeness (QED) is 0.409. The fraction of sp³-hybridized carbons (Fsp3) is 0.333. The molecule has 1 aromatic heterocycles. The maximum atomic E-state index is 13.5. The van der Waals surface area contributed by atoms with Gasteiger partial charge >= 0.3 is 6.03 Å². The van der Waals surface area contributed by atoms with Crippen LogP contribution in [0.3, 0.4) is 0 Å². The first-order valence-electron chi connectivity index (χ1n) is 11.7. The molecule has 0 spiro atoms. The van der Waals surface area contributed by atoms with Crippen LogP contribution in [0.2, 0.25) is 0 Å². The average molecular weight is 478 g/mol. The Hall–Kier alpha value is -3.32. The minimum absolute atomic E-state index is 0.0522. The molecule has 7 heteroatoms. The number of rotatable bonds is 10. The summed E-state index contributed by atoms with van der Waals surface area (Å²) in [5.74, 6) is 0.707. The molecule has 1 aliphatic carbocycles. The van der Waals surface area contributed by atoms with Crippen LogP contribution in [0.4, 0.5) is 10.5 Å². The van der Waals surface area contributed by atoms with E-state index in [-0.39, 0.29) is 24.5 Å². The Morgan fingerprint density at radius 1 is 1.00 bits per heavy atom. The van der Waals surface area contributed by atoms with Gasteiger partial charge in [0.1, 0.15) is 12.3 Å². The maximum absolute atomic E-state index is 13.5. The van der Waals surface area contributed by atoms with Crippen molar-refractivity contribution >= 4 is 29.0 Å². The van der Waals surface area contributed by atoms with Crippen LogP contribution in [0.25, 0.3) is 0 Å². The number of benzene rings is 2. The first kappa shape index (κ1) is 23.8. The molecule has 3 amide bonds. The highest BCUT2D eigenvalue weighted by atomic mass is 32.1. The number of hydrogen-bond donors (Lipinski definition) is 1. The standard InChI is InChI=1S/C27H31N3O3S/c1-3-33-24-14-10-22(11-15-24)28-27(32)30(23-12-13-23)19-26(31)29(17-21-7-5-4-6-8-21)18-25-16-9-20(2)34-25/h4-11,14-16,23H,3,12-13,17-19H2,1-2H3,(H,28,32). The van der Waals surface area contributed by atoms with Gasteiger partial charge in [0.05, 0.1) is 13.2 Å². The lowest BCUT2D eigenvalue weighted by atomic mass is 10.2. The van der Waals surface area contributed by atoms with Gasteiger partial charge in [-0.1, -0.05) is 30.3 Å². The van der Waals surface area contributed by atoms with E-state index in [2.05, 4.69) is 24.4 Å². The van der Waals surface area contributed by atoms with E-state index in [9.17, 15) is 9.59 Å². The summed E-state index contributed by atoms with van der Waals surface area (Å²) in [5.41, 5.74) is 1.75. The van der Waals surface area contributed by atoms with E-state index >= 15 is 0 Å². The van der Waals surface area contributed by atoms with Crippen molar-refractivity contribution in [3.8, 4) is 5.75 Å². The van der Waals surface area contributed by atoms with E-state index in [0.29, 0.717) is 25.4 Å². The number of hydrogen-bond acceptors (Lipinski definition) is 4. The van der Waals surface area contributed by atoms with Crippen molar-refractivity contribution in [1.82, 2.24) is 9.80 Å². The predicted molar refractivity (Wildman–Crippen MR) is 136 cm³/mol. The molecule has 2 aromatic carbocycles. The molecule has 0 aliphatic heterocycles. The monoisotopic (exact) mass is 477 g/mol. The van der Waals surface area contributed by atoms with E-state index in [4.69, 9.17) is 4.74 Å². The molecule has 6 nitrogen and oxygen atoms in total. The molecule has 1 heterocycles. The van der Waals surface area contributed by atoms with Crippen molar-refractivity contribution in [2.75, 3.05) is 18.5 Å². The normalized spacial score (nSPS) is 12.8. The number of amides is 3. The molecule has 0 atom stereocenters. The number of anilines is 1. The Labute approximate surface area is 205 Å². The lowest BCUT2D eigenvalue weighted by Crippen LogP contribution is -2.45. The van der Waals surface area contributed by atoms with Gasteiger partial charge in [0.15, 0.2) is 0 Å². The van der Waals surface area contributed by atoms with E-state index in [1.165, 1.54) is 4.88 Å². The highest BCUT2D eigenvalue weighted by Crippen LogP contribution is 2.28. The molecule has 1 saturated carbocycles. The highest BCUT2D eigenvalue weighted by Gasteiger charge is 2.35. The number of urea groups is 1. The predicted octanol–water partition coefficient (Wildman–Crippen LogP) is 5.68. The minimum atomic E-state index is -0.244. The van der Waals surface area contributed by atoms with Crippen LogP contribution >= 0.6 is 11.3 Å². The first-order valence-corrected chi connectivity index (χ1v) is 12.5. The molecule has 34 heavy (non-hydrogen) atoms. The van der Waals surface area contributed by atoms with Gasteiger partial charge < -0.3 is 19.9 Å². The Balaban J connectivity index is 1.45. The Morgan fingerprint density at radius 2 is 1.74 bits per heavy atom. The van der Waals surface area contributed by atoms with Crippen LogP contribution in [-0.4, -0.2) is 40.9 Å². The summed E-state index contributed by atoms with van der Waals surface area (Å²) in [6.45, 7) is 5.69. The molecule has 178 valence electrons. The van der Waals surface area contributed by atoms with Gasteiger partial charge in [-0.25, -0.2) is 4.79 Å². The second kappa shape index (κ2) is 11.2. The molecule has 4 rings (SSSR count). The maximum Gasteiger partial charge on any atom is 0.322 e. The molecule has 1 aliphatic rings. The number of ether oxygens (including phenoxy) is 1. The number of nitrogens with one attached hydrogen (secondary N) is 1. The molecule has 0 radical (unpaired) electrons. The van der Waals surface area contributed by atoms with Crippen LogP contribution in [0.5, 0.6) is 5.75 Å². The van der Waals surface area contributed by atoms with Crippen LogP contribution in [0.1, 0.15) is 35.1 Å². The van der Waals surface area contributed by atoms with Gasteiger partial charge in [-0.3, -0.25) is 4.79 Å². The molecule has 0 saturated heterocycles. The van der Waals surface area contributed by atoms with Crippen LogP contribution in [0.15, 0.2) is 66.7 Å². The minimum Gasteiger partial charge on any atom is -0.494 e. The zero-order chi connectivity index (χ0) is 23.9. The van der Waals surface area contributed by atoms with Gasteiger partial charge in [0.25, 0.3) is 0 Å². The zero-order valence-corrected chi connectivity index (χ0v) is 20.5. The van der Waals surface area contributed by atoms with E-state index in [1.807, 2.05) is 66.4 Å². The summed E-state index contributed by atoms with van der Waals surface area (Å²) in [6.07, 6.45) is 1.85. The Kier molecular flexibility index (Phi) is 7.85. The molecule has 0 unspecified atom stereocenters. The van der Waals surface area contributed by atoms with E-state index < -0.39 is 0 Å². The second-order valence-electron chi connectivity index (χ2n) is 8.49. The third-order valence-corrected chi connectivity index (χ3v) is 6.67. The highest BCUT2D eigenvalue weighted by molar-refractivity contribution is 7.11. The second-order valence-corrected chi connectivity index (χ2v) is 9.87. The Bertz CT molecular complexity index is 1090. The summed E-state index contributed by atoms with van der Waals surface area (Å²) in [4.78, 5) is 32.4. The number of thiophene rings is 1. The molecular formula is C27H31N3O3S. The van der Waals surface area contributed by atoms with E-state index in [1.54, 1.807) is 16.2 Å². The van der Waals surface area contributed by atoms with Gasteiger partial charge in [-0.05, 0) is 68.7 Å². The number of carbonyl (C=O) groups excluding carboxylic acids is 2. The van der Waals surface area contributed by atoms with Crippen molar-refractivity contribution in [2.24, 2.45) is 0 Å². The van der Waals surface area contributed by atoms with Crippen LogP contribution in [-0.2, 0) is 17.9 Å². The SMILES string of the molecule is CCOc1ccc(NC(=O)N(CC(=O)N(Cc2ccccc2)Cc2ccc(C)s2)C2CC2)cc1. The van der Waals surface area contributed by atoms with Crippen molar-refractivity contribution in [1.29, 1.82) is 0 Å². The first-order chi connectivity index (χ1) is 16.5. The summed E-state index contributed by atoms with van der Waals surface area (Å²) in [5, 5.41) is 2.94. The largest absolute Gasteiger partial charge is 0.494 e. The van der Waals surface area contributed by atoms with Gasteiger partial charge in [0.2, 0.25) is 5.91 Å². The van der Waals surface area contributed by atoms with Crippen molar-refractivity contribution in [2.45, 2.75) is 45.8 Å².